The van der Waals surface area contributed by atoms with Crippen molar-refractivity contribution in [2.75, 3.05) is 0 Å². The van der Waals surface area contributed by atoms with Crippen molar-refractivity contribution >= 4 is 11.6 Å². The Morgan fingerprint density at radius 1 is 1.27 bits per heavy atom. The molecule has 2 aromatic rings. The molecule has 0 aliphatic rings. The third kappa shape index (κ3) is 1.89. The van der Waals surface area contributed by atoms with E-state index in [4.69, 9.17) is 21.8 Å². The average Bonchev–Trinajstić information content (AvgIpc) is 2.69. The Labute approximate surface area is 91.5 Å². The molecule has 0 saturated carbocycles. The quantitative estimate of drug-likeness (QED) is 0.853. The van der Waals surface area contributed by atoms with Crippen LogP contribution in [0.15, 0.2) is 34.9 Å². The summed E-state index contributed by atoms with van der Waals surface area (Å²) in [6.45, 7) is 0.259. The van der Waals surface area contributed by atoms with Crippen LogP contribution in [-0.4, -0.2) is 0 Å². The predicted molar refractivity (Wildman–Crippen MR) is 57.0 cm³/mol. The first-order chi connectivity index (χ1) is 7.22. The number of hydrogen-bond acceptors (Lipinski definition) is 2. The van der Waals surface area contributed by atoms with Crippen LogP contribution in [0.3, 0.4) is 0 Å². The molecule has 0 aliphatic carbocycles. The average molecular weight is 226 g/mol. The van der Waals surface area contributed by atoms with Crippen LogP contribution in [0, 0.1) is 5.82 Å². The van der Waals surface area contributed by atoms with E-state index in [-0.39, 0.29) is 12.4 Å². The normalized spacial score (nSPS) is 10.6. The number of rotatable bonds is 2. The Bertz CT molecular complexity index is 481. The highest BCUT2D eigenvalue weighted by Crippen LogP contribution is 2.31. The van der Waals surface area contributed by atoms with E-state index in [0.29, 0.717) is 16.3 Å². The van der Waals surface area contributed by atoms with Gasteiger partial charge in [0, 0.05) is 16.1 Å². The zero-order chi connectivity index (χ0) is 10.8. The summed E-state index contributed by atoms with van der Waals surface area (Å²) in [7, 11) is 0. The Morgan fingerprint density at radius 3 is 2.80 bits per heavy atom. The van der Waals surface area contributed by atoms with Gasteiger partial charge in [0.1, 0.15) is 11.6 Å². The molecule has 0 saturated heterocycles. The molecular formula is C11H9ClFNO. The molecule has 4 heteroatoms. The molecule has 0 bridgehead atoms. The van der Waals surface area contributed by atoms with Gasteiger partial charge in [0.05, 0.1) is 12.8 Å². The molecule has 1 heterocycles. The van der Waals surface area contributed by atoms with E-state index in [1.807, 2.05) is 0 Å². The van der Waals surface area contributed by atoms with Crippen LogP contribution < -0.4 is 5.73 Å². The van der Waals surface area contributed by atoms with Gasteiger partial charge in [-0.15, -0.1) is 0 Å². The molecule has 2 nitrogen and oxygen atoms in total. The zero-order valence-electron chi connectivity index (χ0n) is 7.84. The number of hydrogen-bond donors (Lipinski definition) is 1. The van der Waals surface area contributed by atoms with E-state index in [1.165, 1.54) is 24.5 Å². The summed E-state index contributed by atoms with van der Waals surface area (Å²) < 4.78 is 18.2. The van der Waals surface area contributed by atoms with Crippen LogP contribution in [0.5, 0.6) is 0 Å². The lowest BCUT2D eigenvalue weighted by molar-refractivity contribution is 0.513. The molecule has 0 spiro atoms. The van der Waals surface area contributed by atoms with E-state index < -0.39 is 0 Å². The van der Waals surface area contributed by atoms with E-state index >= 15 is 0 Å². The molecule has 0 radical (unpaired) electrons. The first-order valence-corrected chi connectivity index (χ1v) is 4.82. The Morgan fingerprint density at radius 2 is 2.07 bits per heavy atom. The van der Waals surface area contributed by atoms with Gasteiger partial charge in [-0.2, -0.15) is 0 Å². The van der Waals surface area contributed by atoms with E-state index in [9.17, 15) is 4.39 Å². The number of furan rings is 1. The highest BCUT2D eigenvalue weighted by Gasteiger charge is 2.11. The van der Waals surface area contributed by atoms with E-state index in [2.05, 4.69) is 0 Å². The maximum absolute atomic E-state index is 13.1. The molecule has 0 aliphatic heterocycles. The number of benzene rings is 1. The smallest absolute Gasteiger partial charge is 0.125 e. The van der Waals surface area contributed by atoms with Gasteiger partial charge in [0.15, 0.2) is 0 Å². The first-order valence-electron chi connectivity index (χ1n) is 4.44. The summed E-state index contributed by atoms with van der Waals surface area (Å²) in [6.07, 6.45) is 1.51. The molecule has 78 valence electrons. The number of halogens is 2. The molecule has 2 N–H and O–H groups in total. The molecular weight excluding hydrogens is 217 g/mol. The largest absolute Gasteiger partial charge is 0.467 e. The minimum Gasteiger partial charge on any atom is -0.467 e. The highest BCUT2D eigenvalue weighted by molar-refractivity contribution is 6.33. The molecule has 2 rings (SSSR count). The van der Waals surface area contributed by atoms with Crippen LogP contribution in [0.1, 0.15) is 5.76 Å². The topological polar surface area (TPSA) is 39.2 Å². The molecule has 15 heavy (non-hydrogen) atoms. The Balaban J connectivity index is 2.58. The van der Waals surface area contributed by atoms with Crippen molar-refractivity contribution in [1.29, 1.82) is 0 Å². The lowest BCUT2D eigenvalue weighted by Crippen LogP contribution is -1.96. The SMILES string of the molecule is NCc1occc1-c1cc(F)ccc1Cl. The van der Waals surface area contributed by atoms with Crippen LogP contribution in [0.4, 0.5) is 4.39 Å². The van der Waals surface area contributed by atoms with Crippen LogP contribution in [0.2, 0.25) is 5.02 Å². The van der Waals surface area contributed by atoms with Crippen molar-refractivity contribution < 1.29 is 8.81 Å². The summed E-state index contributed by atoms with van der Waals surface area (Å²) in [5.41, 5.74) is 6.83. The lowest BCUT2D eigenvalue weighted by Gasteiger charge is -2.03. The minimum absolute atomic E-state index is 0.259. The standard InChI is InChI=1S/C11H9ClFNO/c12-10-2-1-7(13)5-9(10)8-3-4-15-11(8)6-14/h1-5H,6,14H2. The van der Waals surface area contributed by atoms with Crippen molar-refractivity contribution in [3.63, 3.8) is 0 Å². The fraction of sp³-hybridized carbons (Fsp3) is 0.0909. The summed E-state index contributed by atoms with van der Waals surface area (Å²) in [6, 6.07) is 5.92. The zero-order valence-corrected chi connectivity index (χ0v) is 8.59. The summed E-state index contributed by atoms with van der Waals surface area (Å²) in [5, 5.41) is 0.479. The fourth-order valence-electron chi connectivity index (χ4n) is 1.44. The minimum atomic E-state index is -0.335. The molecule has 1 aromatic heterocycles. The van der Waals surface area contributed by atoms with Crippen LogP contribution >= 0.6 is 11.6 Å². The number of nitrogens with two attached hydrogens (primary N) is 1. The van der Waals surface area contributed by atoms with Gasteiger partial charge in [-0.1, -0.05) is 11.6 Å². The summed E-state index contributed by atoms with van der Waals surface area (Å²) >= 11 is 5.97. The van der Waals surface area contributed by atoms with Gasteiger partial charge >= 0.3 is 0 Å². The second-order valence-electron chi connectivity index (χ2n) is 3.09. The second-order valence-corrected chi connectivity index (χ2v) is 3.49. The third-order valence-corrected chi connectivity index (χ3v) is 2.48. The van der Waals surface area contributed by atoms with Gasteiger partial charge in [-0.25, -0.2) is 4.39 Å². The van der Waals surface area contributed by atoms with E-state index in [0.717, 1.165) is 5.56 Å². The first kappa shape index (κ1) is 10.2. The second kappa shape index (κ2) is 4.04. The van der Waals surface area contributed by atoms with Crippen molar-refractivity contribution in [3.8, 4) is 11.1 Å². The molecule has 1 aromatic carbocycles. The van der Waals surface area contributed by atoms with E-state index in [1.54, 1.807) is 6.07 Å². The predicted octanol–water partition coefficient (Wildman–Crippen LogP) is 3.20. The van der Waals surface area contributed by atoms with Crippen LogP contribution in [0.25, 0.3) is 11.1 Å². The fourth-order valence-corrected chi connectivity index (χ4v) is 1.66. The van der Waals surface area contributed by atoms with Gasteiger partial charge in [-0.05, 0) is 24.3 Å². The molecule has 0 unspecified atom stereocenters. The monoisotopic (exact) mass is 225 g/mol. The van der Waals surface area contributed by atoms with Crippen molar-refractivity contribution in [3.05, 3.63) is 47.1 Å². The van der Waals surface area contributed by atoms with Crippen LogP contribution in [-0.2, 0) is 6.54 Å². The van der Waals surface area contributed by atoms with Gasteiger partial charge in [0.2, 0.25) is 0 Å². The van der Waals surface area contributed by atoms with Gasteiger partial charge in [0.25, 0.3) is 0 Å². The summed E-state index contributed by atoms with van der Waals surface area (Å²) in [4.78, 5) is 0. The maximum Gasteiger partial charge on any atom is 0.125 e. The van der Waals surface area contributed by atoms with Crippen molar-refractivity contribution in [1.82, 2.24) is 0 Å². The molecule has 0 amide bonds. The van der Waals surface area contributed by atoms with Gasteiger partial charge in [-0.3, -0.25) is 0 Å². The summed E-state index contributed by atoms with van der Waals surface area (Å²) in [5.74, 6) is 0.265. The maximum atomic E-state index is 13.1. The lowest BCUT2D eigenvalue weighted by atomic mass is 10.1. The van der Waals surface area contributed by atoms with Crippen molar-refractivity contribution in [2.24, 2.45) is 5.73 Å². The molecule has 0 fully saturated rings. The van der Waals surface area contributed by atoms with Gasteiger partial charge < -0.3 is 10.2 Å². The Hall–Kier alpha value is -1.32. The Kier molecular flexibility index (Phi) is 2.75. The highest BCUT2D eigenvalue weighted by atomic mass is 35.5. The van der Waals surface area contributed by atoms with Crippen molar-refractivity contribution in [2.45, 2.75) is 6.54 Å². The molecule has 0 atom stereocenters. The third-order valence-electron chi connectivity index (χ3n) is 2.15.